The number of hydrogen-bond donors (Lipinski definition) is 2. The molecule has 2 unspecified atom stereocenters. The second-order valence-electron chi connectivity index (χ2n) is 4.39. The minimum Gasteiger partial charge on any atom is -0.481 e. The van der Waals surface area contributed by atoms with Crippen LogP contribution >= 0.6 is 0 Å². The number of carboxylic acid groups (broad SMARTS) is 1. The highest BCUT2D eigenvalue weighted by atomic mass is 16.4. The van der Waals surface area contributed by atoms with E-state index in [1.165, 1.54) is 0 Å². The van der Waals surface area contributed by atoms with Gasteiger partial charge in [0.05, 0.1) is 11.5 Å². The number of amides is 1. The molecule has 1 fully saturated rings. The van der Waals surface area contributed by atoms with Crippen molar-refractivity contribution >= 4 is 11.9 Å². The number of carbonyl (C=O) groups excluding carboxylic acids is 1. The van der Waals surface area contributed by atoms with Gasteiger partial charge in [-0.25, -0.2) is 0 Å². The first kappa shape index (κ1) is 12.0. The zero-order chi connectivity index (χ0) is 11.6. The van der Waals surface area contributed by atoms with E-state index in [0.717, 1.165) is 0 Å². The highest BCUT2D eigenvalue weighted by Gasteiger charge is 2.42. The molecular weight excluding hydrogens is 196 g/mol. The summed E-state index contributed by atoms with van der Waals surface area (Å²) < 4.78 is 0. The predicted octanol–water partition coefficient (Wildman–Crippen LogP) is -0.0825. The molecule has 0 aliphatic carbocycles. The van der Waals surface area contributed by atoms with E-state index in [2.05, 4.69) is 5.32 Å². The maximum atomic E-state index is 11.8. The summed E-state index contributed by atoms with van der Waals surface area (Å²) in [6, 6.07) is -0.249. The van der Waals surface area contributed by atoms with Crippen LogP contribution < -0.4 is 5.32 Å². The molecule has 0 aromatic carbocycles. The van der Waals surface area contributed by atoms with Crippen LogP contribution in [0.4, 0.5) is 0 Å². The molecule has 0 saturated carbocycles. The zero-order valence-corrected chi connectivity index (χ0v) is 9.41. The molecule has 1 saturated heterocycles. The van der Waals surface area contributed by atoms with Crippen LogP contribution in [0.15, 0.2) is 0 Å². The molecule has 0 spiro atoms. The molecule has 5 heteroatoms. The third-order valence-electron chi connectivity index (χ3n) is 3.10. The standard InChI is InChI=1S/C10H18N2O3/c1-7(11-3)8(13)12-5-4-10(2,6-12)9(14)15/h7,11H,4-6H2,1-3H3,(H,14,15). The van der Waals surface area contributed by atoms with Crippen molar-refractivity contribution in [2.45, 2.75) is 26.3 Å². The Morgan fingerprint density at radius 2 is 2.13 bits per heavy atom. The van der Waals surface area contributed by atoms with Crippen molar-refractivity contribution in [1.82, 2.24) is 10.2 Å². The lowest BCUT2D eigenvalue weighted by atomic mass is 9.90. The van der Waals surface area contributed by atoms with Crippen LogP contribution in [0.5, 0.6) is 0 Å². The molecule has 2 N–H and O–H groups in total. The van der Waals surface area contributed by atoms with Gasteiger partial charge in [0, 0.05) is 13.1 Å². The van der Waals surface area contributed by atoms with Crippen LogP contribution in [0.1, 0.15) is 20.3 Å². The molecule has 1 amide bonds. The quantitative estimate of drug-likeness (QED) is 0.689. The van der Waals surface area contributed by atoms with E-state index >= 15 is 0 Å². The van der Waals surface area contributed by atoms with Crippen LogP contribution in [0.3, 0.4) is 0 Å². The summed E-state index contributed by atoms with van der Waals surface area (Å²) in [5, 5.41) is 11.9. The Hall–Kier alpha value is -1.10. The fourth-order valence-corrected chi connectivity index (χ4v) is 1.72. The Kier molecular flexibility index (Phi) is 3.34. The normalized spacial score (nSPS) is 27.8. The molecule has 86 valence electrons. The molecule has 15 heavy (non-hydrogen) atoms. The Morgan fingerprint density at radius 1 is 1.53 bits per heavy atom. The minimum atomic E-state index is -0.824. The number of carboxylic acids is 1. The maximum absolute atomic E-state index is 11.8. The largest absolute Gasteiger partial charge is 0.481 e. The first-order valence-electron chi connectivity index (χ1n) is 5.10. The number of carbonyl (C=O) groups is 2. The van der Waals surface area contributed by atoms with Crippen molar-refractivity contribution in [3.8, 4) is 0 Å². The van der Waals surface area contributed by atoms with E-state index in [-0.39, 0.29) is 11.9 Å². The van der Waals surface area contributed by atoms with Crippen molar-refractivity contribution in [2.75, 3.05) is 20.1 Å². The molecule has 1 rings (SSSR count). The predicted molar refractivity (Wildman–Crippen MR) is 55.5 cm³/mol. The summed E-state index contributed by atoms with van der Waals surface area (Å²) in [6.07, 6.45) is 0.532. The summed E-state index contributed by atoms with van der Waals surface area (Å²) >= 11 is 0. The topological polar surface area (TPSA) is 69.6 Å². The van der Waals surface area contributed by atoms with Gasteiger partial charge in [0.1, 0.15) is 0 Å². The molecule has 5 nitrogen and oxygen atoms in total. The van der Waals surface area contributed by atoms with Gasteiger partial charge in [-0.15, -0.1) is 0 Å². The molecular formula is C10H18N2O3. The summed E-state index contributed by atoms with van der Waals surface area (Å²) in [7, 11) is 1.72. The van der Waals surface area contributed by atoms with Crippen LogP contribution in [-0.2, 0) is 9.59 Å². The first-order chi connectivity index (χ1) is 6.90. The van der Waals surface area contributed by atoms with Crippen molar-refractivity contribution in [1.29, 1.82) is 0 Å². The van der Waals surface area contributed by atoms with Crippen molar-refractivity contribution < 1.29 is 14.7 Å². The molecule has 0 bridgehead atoms. The van der Waals surface area contributed by atoms with Gasteiger partial charge in [0.2, 0.25) is 5.91 Å². The van der Waals surface area contributed by atoms with Crippen molar-refractivity contribution in [3.63, 3.8) is 0 Å². The fourth-order valence-electron chi connectivity index (χ4n) is 1.72. The number of aliphatic carboxylic acids is 1. The Morgan fingerprint density at radius 3 is 2.53 bits per heavy atom. The van der Waals surface area contributed by atoms with Crippen LogP contribution in [0.25, 0.3) is 0 Å². The number of hydrogen-bond acceptors (Lipinski definition) is 3. The highest BCUT2D eigenvalue weighted by molar-refractivity contribution is 5.83. The summed E-state index contributed by atoms with van der Waals surface area (Å²) in [5.41, 5.74) is -0.775. The lowest BCUT2D eigenvalue weighted by Crippen LogP contribution is -2.44. The molecule has 0 aromatic rings. The molecule has 1 aliphatic rings. The number of likely N-dealkylation sites (N-methyl/N-ethyl adjacent to an activating group) is 1. The van der Waals surface area contributed by atoms with Crippen LogP contribution in [0, 0.1) is 5.41 Å². The third kappa shape index (κ3) is 2.28. The van der Waals surface area contributed by atoms with Gasteiger partial charge >= 0.3 is 5.97 Å². The van der Waals surface area contributed by atoms with E-state index in [0.29, 0.717) is 19.5 Å². The summed E-state index contributed by atoms with van der Waals surface area (Å²) in [4.78, 5) is 24.4. The minimum absolute atomic E-state index is 0.0255. The molecule has 2 atom stereocenters. The molecule has 1 heterocycles. The van der Waals surface area contributed by atoms with Gasteiger partial charge in [0.25, 0.3) is 0 Å². The SMILES string of the molecule is CNC(C)C(=O)N1CCC(C)(C(=O)O)C1. The monoisotopic (exact) mass is 214 g/mol. The van der Waals surface area contributed by atoms with Gasteiger partial charge in [0.15, 0.2) is 0 Å². The van der Waals surface area contributed by atoms with Gasteiger partial charge in [-0.3, -0.25) is 9.59 Å². The first-order valence-corrected chi connectivity index (χ1v) is 5.10. The smallest absolute Gasteiger partial charge is 0.311 e. The molecule has 0 aromatic heterocycles. The Balaban J connectivity index is 2.64. The second-order valence-corrected chi connectivity index (χ2v) is 4.39. The van der Waals surface area contributed by atoms with Gasteiger partial charge in [-0.1, -0.05) is 0 Å². The van der Waals surface area contributed by atoms with E-state index < -0.39 is 11.4 Å². The number of likely N-dealkylation sites (tertiary alicyclic amines) is 1. The average Bonchev–Trinajstić information content (AvgIpc) is 2.60. The van der Waals surface area contributed by atoms with Gasteiger partial charge < -0.3 is 15.3 Å². The van der Waals surface area contributed by atoms with Crippen molar-refractivity contribution in [3.05, 3.63) is 0 Å². The van der Waals surface area contributed by atoms with Gasteiger partial charge in [-0.2, -0.15) is 0 Å². The fraction of sp³-hybridized carbons (Fsp3) is 0.800. The number of nitrogens with zero attached hydrogens (tertiary/aromatic N) is 1. The summed E-state index contributed by atoms with van der Waals surface area (Å²) in [6.45, 7) is 4.31. The van der Waals surface area contributed by atoms with E-state index in [1.807, 2.05) is 0 Å². The van der Waals surface area contributed by atoms with Crippen LogP contribution in [0.2, 0.25) is 0 Å². The lowest BCUT2D eigenvalue weighted by Gasteiger charge is -2.22. The zero-order valence-electron chi connectivity index (χ0n) is 9.41. The average molecular weight is 214 g/mol. The number of nitrogens with one attached hydrogen (secondary N) is 1. The van der Waals surface area contributed by atoms with Gasteiger partial charge in [-0.05, 0) is 27.3 Å². The van der Waals surface area contributed by atoms with E-state index in [4.69, 9.17) is 5.11 Å². The number of rotatable bonds is 3. The van der Waals surface area contributed by atoms with E-state index in [9.17, 15) is 9.59 Å². The second kappa shape index (κ2) is 4.18. The third-order valence-corrected chi connectivity index (χ3v) is 3.10. The highest BCUT2D eigenvalue weighted by Crippen LogP contribution is 2.30. The van der Waals surface area contributed by atoms with Crippen LogP contribution in [-0.4, -0.2) is 48.1 Å². The molecule has 0 radical (unpaired) electrons. The van der Waals surface area contributed by atoms with E-state index in [1.54, 1.807) is 25.8 Å². The molecule has 1 aliphatic heterocycles. The lowest BCUT2D eigenvalue weighted by molar-refractivity contribution is -0.147. The van der Waals surface area contributed by atoms with Crippen molar-refractivity contribution in [2.24, 2.45) is 5.41 Å². The Bertz CT molecular complexity index is 280. The Labute approximate surface area is 89.4 Å². The maximum Gasteiger partial charge on any atom is 0.311 e. The summed E-state index contributed by atoms with van der Waals surface area (Å²) in [5.74, 6) is -0.850.